The second kappa shape index (κ2) is 6.78. The van der Waals surface area contributed by atoms with Crippen molar-refractivity contribution >= 4 is 0 Å². The maximum atomic E-state index is 9.47. The molecule has 0 radical (unpaired) electrons. The Balaban J connectivity index is 3.76. The van der Waals surface area contributed by atoms with Crippen LogP contribution < -0.4 is 0 Å². The van der Waals surface area contributed by atoms with Crippen LogP contribution in [0.4, 0.5) is 0 Å². The smallest absolute Gasteiger partial charge is 0.0899 e. The lowest BCUT2D eigenvalue weighted by Gasteiger charge is -2.23. The van der Waals surface area contributed by atoms with Crippen molar-refractivity contribution in [2.24, 2.45) is 5.41 Å². The maximum Gasteiger partial charge on any atom is 0.0899 e. The second-order valence-corrected chi connectivity index (χ2v) is 4.62. The quantitative estimate of drug-likeness (QED) is 0.683. The Bertz CT molecular complexity index is 211. The van der Waals surface area contributed by atoms with Gasteiger partial charge in [-0.2, -0.15) is 5.26 Å². The van der Waals surface area contributed by atoms with E-state index in [1.807, 2.05) is 25.8 Å². The number of nitriles is 1. The van der Waals surface area contributed by atoms with Crippen LogP contribution in [0.1, 0.15) is 20.3 Å². The zero-order chi connectivity index (χ0) is 11.9. The topological polar surface area (TPSA) is 56.5 Å². The molecule has 15 heavy (non-hydrogen) atoms. The number of ether oxygens (including phenoxy) is 1. The minimum Gasteiger partial charge on any atom is -0.389 e. The first-order valence-corrected chi connectivity index (χ1v) is 5.18. The predicted molar refractivity (Wildman–Crippen MR) is 59.4 cm³/mol. The van der Waals surface area contributed by atoms with Crippen LogP contribution in [0.3, 0.4) is 0 Å². The molecule has 0 saturated carbocycles. The number of hydrogen-bond donors (Lipinski definition) is 1. The molecule has 4 heteroatoms. The highest BCUT2D eigenvalue weighted by atomic mass is 16.5. The van der Waals surface area contributed by atoms with Crippen LogP contribution in [0.15, 0.2) is 0 Å². The average molecular weight is 214 g/mol. The molecule has 0 aromatic heterocycles. The summed E-state index contributed by atoms with van der Waals surface area (Å²) in [4.78, 5) is 2.02. The summed E-state index contributed by atoms with van der Waals surface area (Å²) in [6, 6.07) is 2.26. The van der Waals surface area contributed by atoms with Gasteiger partial charge in [0.05, 0.1) is 24.2 Å². The molecule has 0 saturated heterocycles. The molecule has 0 rings (SSSR count). The van der Waals surface area contributed by atoms with Crippen LogP contribution >= 0.6 is 0 Å². The predicted octanol–water partition coefficient (Wildman–Crippen LogP) is 0.865. The SMILES string of the molecule is COCC(O)CN(C)CCC(C)(C)C#N. The molecule has 0 aliphatic rings. The van der Waals surface area contributed by atoms with E-state index in [9.17, 15) is 5.11 Å². The standard InChI is InChI=1S/C11H22N2O2/c1-11(2,9-12)5-6-13(3)7-10(14)8-15-4/h10,14H,5-8H2,1-4H3. The number of likely N-dealkylation sites (N-methyl/N-ethyl adjacent to an activating group) is 1. The molecule has 0 bridgehead atoms. The number of aliphatic hydroxyl groups excluding tert-OH is 1. The van der Waals surface area contributed by atoms with Gasteiger partial charge < -0.3 is 14.7 Å². The summed E-state index contributed by atoms with van der Waals surface area (Å²) in [6.45, 7) is 5.58. The van der Waals surface area contributed by atoms with Gasteiger partial charge in [0.15, 0.2) is 0 Å². The summed E-state index contributed by atoms with van der Waals surface area (Å²) >= 11 is 0. The molecule has 1 unspecified atom stereocenters. The minimum atomic E-state index is -0.454. The molecule has 0 aliphatic heterocycles. The van der Waals surface area contributed by atoms with E-state index in [4.69, 9.17) is 10.00 Å². The van der Waals surface area contributed by atoms with Crippen molar-refractivity contribution in [3.8, 4) is 6.07 Å². The lowest BCUT2D eigenvalue weighted by Crippen LogP contribution is -2.34. The van der Waals surface area contributed by atoms with Crippen LogP contribution in [0, 0.1) is 16.7 Å². The second-order valence-electron chi connectivity index (χ2n) is 4.62. The maximum absolute atomic E-state index is 9.47. The molecule has 0 aromatic rings. The van der Waals surface area contributed by atoms with Crippen molar-refractivity contribution in [2.75, 3.05) is 33.9 Å². The Morgan fingerprint density at radius 3 is 2.60 bits per heavy atom. The molecule has 0 spiro atoms. The number of hydrogen-bond acceptors (Lipinski definition) is 4. The van der Waals surface area contributed by atoms with Gasteiger partial charge in [-0.25, -0.2) is 0 Å². The highest BCUT2D eigenvalue weighted by Crippen LogP contribution is 2.18. The van der Waals surface area contributed by atoms with Gasteiger partial charge in [-0.1, -0.05) is 0 Å². The van der Waals surface area contributed by atoms with E-state index in [1.54, 1.807) is 7.11 Å². The Kier molecular flexibility index (Phi) is 6.50. The van der Waals surface area contributed by atoms with Crippen molar-refractivity contribution in [1.82, 2.24) is 4.90 Å². The number of aliphatic hydroxyl groups is 1. The average Bonchev–Trinajstić information content (AvgIpc) is 2.15. The third kappa shape index (κ3) is 7.32. The van der Waals surface area contributed by atoms with Gasteiger partial charge >= 0.3 is 0 Å². The fourth-order valence-corrected chi connectivity index (χ4v) is 1.22. The normalized spacial score (nSPS) is 13.9. The Labute approximate surface area is 92.4 Å². The fourth-order valence-electron chi connectivity index (χ4n) is 1.22. The van der Waals surface area contributed by atoms with Crippen molar-refractivity contribution in [1.29, 1.82) is 5.26 Å². The summed E-state index contributed by atoms with van der Waals surface area (Å²) in [7, 11) is 3.51. The van der Waals surface area contributed by atoms with E-state index in [0.717, 1.165) is 13.0 Å². The molecule has 4 nitrogen and oxygen atoms in total. The van der Waals surface area contributed by atoms with Crippen molar-refractivity contribution in [3.05, 3.63) is 0 Å². The number of methoxy groups -OCH3 is 1. The van der Waals surface area contributed by atoms with Crippen LogP contribution in [0.5, 0.6) is 0 Å². The molecule has 88 valence electrons. The first kappa shape index (κ1) is 14.4. The molecule has 0 amide bonds. The molecule has 0 aromatic carbocycles. The first-order valence-electron chi connectivity index (χ1n) is 5.18. The van der Waals surface area contributed by atoms with E-state index in [1.165, 1.54) is 0 Å². The van der Waals surface area contributed by atoms with Crippen LogP contribution in [-0.4, -0.2) is 50.0 Å². The van der Waals surface area contributed by atoms with Gasteiger partial charge in [0.1, 0.15) is 0 Å². The molecule has 0 aliphatic carbocycles. The van der Waals surface area contributed by atoms with Gasteiger partial charge in [-0.3, -0.25) is 0 Å². The first-order chi connectivity index (χ1) is 6.91. The third-order valence-electron chi connectivity index (χ3n) is 2.30. The summed E-state index contributed by atoms with van der Waals surface area (Å²) < 4.78 is 4.84. The highest BCUT2D eigenvalue weighted by Gasteiger charge is 2.17. The van der Waals surface area contributed by atoms with Crippen LogP contribution in [0.25, 0.3) is 0 Å². The van der Waals surface area contributed by atoms with Gasteiger partial charge in [0.2, 0.25) is 0 Å². The van der Waals surface area contributed by atoms with E-state index in [0.29, 0.717) is 13.2 Å². The zero-order valence-electron chi connectivity index (χ0n) is 10.2. The lowest BCUT2D eigenvalue weighted by atomic mass is 9.91. The fraction of sp³-hybridized carbons (Fsp3) is 0.909. The van der Waals surface area contributed by atoms with E-state index in [2.05, 4.69) is 6.07 Å². The van der Waals surface area contributed by atoms with E-state index in [-0.39, 0.29) is 5.41 Å². The monoisotopic (exact) mass is 214 g/mol. The Morgan fingerprint density at radius 1 is 1.53 bits per heavy atom. The van der Waals surface area contributed by atoms with Crippen molar-refractivity contribution in [2.45, 2.75) is 26.4 Å². The van der Waals surface area contributed by atoms with Crippen LogP contribution in [0.2, 0.25) is 0 Å². The summed E-state index contributed by atoms with van der Waals surface area (Å²) in [6.07, 6.45) is 0.352. The van der Waals surface area contributed by atoms with Gasteiger partial charge in [-0.15, -0.1) is 0 Å². The number of nitrogens with zero attached hydrogens (tertiary/aromatic N) is 2. The Hall–Kier alpha value is -0.630. The van der Waals surface area contributed by atoms with Gasteiger partial charge in [0, 0.05) is 13.7 Å². The zero-order valence-corrected chi connectivity index (χ0v) is 10.2. The molecular weight excluding hydrogens is 192 g/mol. The third-order valence-corrected chi connectivity index (χ3v) is 2.30. The highest BCUT2D eigenvalue weighted by molar-refractivity contribution is 4.91. The molecular formula is C11H22N2O2. The molecule has 1 N–H and O–H groups in total. The minimum absolute atomic E-state index is 0.291. The van der Waals surface area contributed by atoms with E-state index >= 15 is 0 Å². The van der Waals surface area contributed by atoms with Gasteiger partial charge in [-0.05, 0) is 33.9 Å². The van der Waals surface area contributed by atoms with Gasteiger partial charge in [0.25, 0.3) is 0 Å². The Morgan fingerprint density at radius 2 is 2.13 bits per heavy atom. The molecule has 1 atom stereocenters. The van der Waals surface area contributed by atoms with Crippen molar-refractivity contribution in [3.63, 3.8) is 0 Å². The largest absolute Gasteiger partial charge is 0.389 e. The van der Waals surface area contributed by atoms with Crippen molar-refractivity contribution < 1.29 is 9.84 Å². The lowest BCUT2D eigenvalue weighted by molar-refractivity contribution is 0.0419. The van der Waals surface area contributed by atoms with Crippen LogP contribution in [-0.2, 0) is 4.74 Å². The molecule has 0 fully saturated rings. The van der Waals surface area contributed by atoms with E-state index < -0.39 is 6.10 Å². The molecule has 0 heterocycles. The number of rotatable bonds is 7. The summed E-state index contributed by atoms with van der Waals surface area (Å²) in [5.41, 5.74) is -0.291. The summed E-state index contributed by atoms with van der Waals surface area (Å²) in [5, 5.41) is 18.3. The summed E-state index contributed by atoms with van der Waals surface area (Å²) in [5.74, 6) is 0.